The van der Waals surface area contributed by atoms with Crippen molar-refractivity contribution in [3.63, 3.8) is 0 Å². The fraction of sp³-hybridized carbons (Fsp3) is 0.204. The number of hydrogen-bond donors (Lipinski definition) is 12. The van der Waals surface area contributed by atoms with Gasteiger partial charge in [0.05, 0.1) is 40.4 Å². The predicted molar refractivity (Wildman–Crippen MR) is 327 cm³/mol. The molecule has 34 nitrogen and oxygen atoms in total. The lowest BCUT2D eigenvalue weighted by molar-refractivity contribution is -0.114. The number of anilines is 9. The van der Waals surface area contributed by atoms with Crippen LogP contribution in [0.1, 0.15) is 18.1 Å². The summed E-state index contributed by atoms with van der Waals surface area (Å²) in [5.74, 6) is -1.80. The van der Waals surface area contributed by atoms with Crippen LogP contribution >= 0.6 is 23.2 Å². The van der Waals surface area contributed by atoms with Crippen LogP contribution in [-0.2, 0) is 55.4 Å². The van der Waals surface area contributed by atoms with Crippen LogP contribution in [0.15, 0.2) is 108 Å². The summed E-state index contributed by atoms with van der Waals surface area (Å²) >= 11 is 12.7. The third-order valence-electron chi connectivity index (χ3n) is 13.3. The van der Waals surface area contributed by atoms with E-state index in [4.69, 9.17) is 27.9 Å². The highest BCUT2D eigenvalue weighted by molar-refractivity contribution is 7.87. The largest absolute Gasteiger partial charge is 0.505 e. The lowest BCUT2D eigenvalue weighted by Crippen LogP contribution is -2.48. The monoisotopic (exact) mass is 1380 g/mol. The normalized spacial score (nSPS) is 13.6. The summed E-state index contributed by atoms with van der Waals surface area (Å²) in [5.41, 5.74) is 4.14. The second-order valence-electron chi connectivity index (χ2n) is 19.5. The van der Waals surface area contributed by atoms with Crippen molar-refractivity contribution in [2.45, 2.75) is 45.2 Å². The molecule has 476 valence electrons. The van der Waals surface area contributed by atoms with Gasteiger partial charge in [-0.1, -0.05) is 12.1 Å². The van der Waals surface area contributed by atoms with Crippen LogP contribution in [0.5, 0.6) is 11.5 Å². The number of hydrazine groups is 1. The number of carbonyl (C=O) groups is 1. The van der Waals surface area contributed by atoms with Gasteiger partial charge < -0.3 is 36.0 Å². The van der Waals surface area contributed by atoms with Gasteiger partial charge in [0.1, 0.15) is 36.7 Å². The van der Waals surface area contributed by atoms with Crippen LogP contribution in [0.3, 0.4) is 0 Å². The Morgan fingerprint density at radius 3 is 1.87 bits per heavy atom. The third kappa shape index (κ3) is 15.2. The first-order valence-electron chi connectivity index (χ1n) is 25.4. The fourth-order valence-corrected chi connectivity index (χ4v) is 12.8. The molecule has 0 radical (unpaired) electrons. The molecular formula is C49H48Cl2N16O18S5. The topological polar surface area (TPSA) is 499 Å². The van der Waals surface area contributed by atoms with Crippen molar-refractivity contribution in [2.75, 3.05) is 83.4 Å². The molecule has 2 aromatic heterocycles. The molecule has 0 spiro atoms. The molecule has 1 aliphatic heterocycles. The van der Waals surface area contributed by atoms with Crippen LogP contribution in [0, 0.1) is 13.8 Å². The number of carbonyl (C=O) groups excluding carboxylic acids is 1. The highest BCUT2D eigenvalue weighted by atomic mass is 35.5. The van der Waals surface area contributed by atoms with Crippen LogP contribution in [-0.4, -0.2) is 157 Å². The highest BCUT2D eigenvalue weighted by Crippen LogP contribution is 2.45. The number of phenolic OH excluding ortho intramolecular Hbond substituents is 1. The molecule has 1 aliphatic rings. The van der Waals surface area contributed by atoms with E-state index in [1.165, 1.54) is 44.4 Å². The van der Waals surface area contributed by atoms with Gasteiger partial charge in [-0.05, 0) is 108 Å². The van der Waals surface area contributed by atoms with Crippen LogP contribution in [0.2, 0.25) is 10.6 Å². The third-order valence-corrected chi connectivity index (χ3v) is 18.1. The first-order valence-corrected chi connectivity index (χ1v) is 33.4. The van der Waals surface area contributed by atoms with E-state index in [1.807, 2.05) is 4.90 Å². The Bertz CT molecular complexity index is 4900. The summed E-state index contributed by atoms with van der Waals surface area (Å²) in [7, 11) is -23.8. The standard InChI is InChI=1S/C49H48Cl2N16O18S5/c1-23-14-34(39(15-24(23)2)89(79,80)81)64-65-42-40(90(82,83)84)17-26-16-28(86(70,71)72)20-35(41(26)43(42)69)55-47-57-44(50)56-46(60-47)52-8-9-66-10-12-67(13-11-66)49-59-45(51)58-48(61-49)54-33-21-31(53-25(3)68)32(22-36(33)85-4)63-62-27-18-30-29(38(19-27)88(76,77)78)6-5-7-37(30)87(73,74)75/h5-7,14-22,64-65,69H,8-13H2,1-4H3,(H,53,68)(H,70,71,72)(H,73,74,75)(H,76,77,78)(H,79,80,81)(H,82,83,84)(H,54,58,59,61)(H2,52,55,56,57,60). The molecule has 9 rings (SSSR count). The number of nitrogens with zero attached hydrogens (tertiary/aromatic N) is 10. The molecule has 0 bridgehead atoms. The van der Waals surface area contributed by atoms with Gasteiger partial charge in [-0.25, -0.2) is 0 Å². The van der Waals surface area contributed by atoms with Gasteiger partial charge in [-0.2, -0.15) is 77.1 Å². The average Bonchev–Trinajstić information content (AvgIpc) is 0.777. The van der Waals surface area contributed by atoms with Crippen molar-refractivity contribution in [1.82, 2.24) is 34.8 Å². The number of methoxy groups -OCH3 is 1. The van der Waals surface area contributed by atoms with Gasteiger partial charge in [-0.15, -0.1) is 5.11 Å². The lowest BCUT2D eigenvalue weighted by Gasteiger charge is -2.34. The Hall–Kier alpha value is -8.58. The Kier molecular flexibility index (Phi) is 18.6. The predicted octanol–water partition coefficient (Wildman–Crippen LogP) is 6.77. The minimum atomic E-state index is -5.29. The van der Waals surface area contributed by atoms with Crippen LogP contribution < -0.4 is 41.8 Å². The van der Waals surface area contributed by atoms with E-state index >= 15 is 0 Å². The Morgan fingerprint density at radius 1 is 0.611 bits per heavy atom. The van der Waals surface area contributed by atoms with Crippen molar-refractivity contribution in [3.05, 3.63) is 94.5 Å². The average molecular weight is 1380 g/mol. The Balaban J connectivity index is 0.892. The van der Waals surface area contributed by atoms with Crippen molar-refractivity contribution in [1.29, 1.82) is 0 Å². The van der Waals surface area contributed by atoms with E-state index < -0.39 is 92.4 Å². The number of piperazine rings is 1. The maximum absolute atomic E-state index is 12.8. The molecular weight excluding hydrogens is 1330 g/mol. The van der Waals surface area contributed by atoms with Crippen molar-refractivity contribution in [2.24, 2.45) is 10.2 Å². The Labute approximate surface area is 520 Å². The summed E-state index contributed by atoms with van der Waals surface area (Å²) in [6.45, 7) is 6.63. The first kappa shape index (κ1) is 65.9. The second-order valence-corrected chi connectivity index (χ2v) is 27.1. The van der Waals surface area contributed by atoms with Crippen molar-refractivity contribution in [3.8, 4) is 11.5 Å². The van der Waals surface area contributed by atoms with Gasteiger partial charge in [0.15, 0.2) is 5.75 Å². The number of amides is 1. The molecule has 6 aromatic carbocycles. The number of benzene rings is 6. The van der Waals surface area contributed by atoms with Gasteiger partial charge in [-0.3, -0.25) is 43.3 Å². The second kappa shape index (κ2) is 25.4. The first-order chi connectivity index (χ1) is 42.0. The van der Waals surface area contributed by atoms with Gasteiger partial charge in [0, 0.05) is 68.4 Å². The van der Waals surface area contributed by atoms with E-state index in [2.05, 4.69) is 77.2 Å². The quantitative estimate of drug-likeness (QED) is 0.0153. The molecule has 0 saturated carbocycles. The molecule has 12 N–H and O–H groups in total. The number of rotatable bonds is 21. The minimum Gasteiger partial charge on any atom is -0.505 e. The molecule has 0 aliphatic carbocycles. The number of azo groups is 1. The SMILES string of the molecule is COc1cc(N=Nc2cc(S(=O)(=O)O)c3cccc(S(=O)(=O)O)c3c2)c(NC(C)=O)cc1Nc1nc(Cl)nc(N2CCN(CCNc3nc(Cl)nc(Nc4cc(S(=O)(=O)O)cc5cc(S(=O)(=O)O)c(NNc6cc(C)c(C)cc6S(=O)(=O)O)c(O)c45)n3)CC2)n1. The summed E-state index contributed by atoms with van der Waals surface area (Å²) in [6.07, 6.45) is 0. The molecule has 8 aromatic rings. The molecule has 1 amide bonds. The Morgan fingerprint density at radius 2 is 1.23 bits per heavy atom. The van der Waals surface area contributed by atoms with E-state index in [1.54, 1.807) is 13.8 Å². The number of hydrogen-bond acceptors (Lipinski definition) is 28. The van der Waals surface area contributed by atoms with E-state index in [-0.39, 0.29) is 102 Å². The maximum atomic E-state index is 12.8. The van der Waals surface area contributed by atoms with Gasteiger partial charge >= 0.3 is 0 Å². The number of ether oxygens (including phenoxy) is 1. The smallest absolute Gasteiger partial charge is 0.296 e. The number of aromatic nitrogens is 6. The summed E-state index contributed by atoms with van der Waals surface area (Å²) in [5, 5.41) is 29.4. The molecule has 3 heterocycles. The van der Waals surface area contributed by atoms with Crippen LogP contribution in [0.25, 0.3) is 21.5 Å². The number of phenols is 1. The molecule has 0 atom stereocenters. The zero-order chi connectivity index (χ0) is 65.6. The summed E-state index contributed by atoms with van der Waals surface area (Å²) in [6, 6.07) is 13.0. The number of aryl methyl sites for hydroxylation is 2. The molecule has 90 heavy (non-hydrogen) atoms. The zero-order valence-electron chi connectivity index (χ0n) is 46.5. The van der Waals surface area contributed by atoms with E-state index in [0.29, 0.717) is 43.9 Å². The lowest BCUT2D eigenvalue weighted by atomic mass is 10.1. The van der Waals surface area contributed by atoms with E-state index in [9.17, 15) is 74.8 Å². The van der Waals surface area contributed by atoms with E-state index in [0.717, 1.165) is 42.5 Å². The van der Waals surface area contributed by atoms with Crippen molar-refractivity contribution >= 4 is 165 Å². The van der Waals surface area contributed by atoms with Crippen LogP contribution in [0.4, 0.5) is 63.6 Å². The number of aromatic hydroxyl groups is 1. The molecule has 0 unspecified atom stereocenters. The number of fused-ring (bicyclic) bond motifs is 2. The maximum Gasteiger partial charge on any atom is 0.296 e. The van der Waals surface area contributed by atoms with Crippen molar-refractivity contribution < 1.29 is 79.5 Å². The zero-order valence-corrected chi connectivity index (χ0v) is 52.1. The summed E-state index contributed by atoms with van der Waals surface area (Å²) < 4.78 is 180. The minimum absolute atomic E-state index is 0.0294. The van der Waals surface area contributed by atoms with Gasteiger partial charge in [0.25, 0.3) is 50.6 Å². The molecule has 1 fully saturated rings. The fourth-order valence-electron chi connectivity index (χ4n) is 9.16. The number of halogens is 2. The highest BCUT2D eigenvalue weighted by Gasteiger charge is 2.29. The molecule has 1 saturated heterocycles. The summed E-state index contributed by atoms with van der Waals surface area (Å²) in [4.78, 5) is 37.9. The number of nitrogens with one attached hydrogen (secondary N) is 6. The molecule has 41 heteroatoms. The van der Waals surface area contributed by atoms with Gasteiger partial charge in [0.2, 0.25) is 40.3 Å².